The Hall–Kier alpha value is -2.75. The van der Waals surface area contributed by atoms with E-state index < -0.39 is 17.5 Å². The summed E-state index contributed by atoms with van der Waals surface area (Å²) in [5.41, 5.74) is 3.06. The van der Waals surface area contributed by atoms with Crippen LogP contribution in [-0.4, -0.2) is 6.54 Å². The van der Waals surface area contributed by atoms with Crippen LogP contribution in [0.3, 0.4) is 0 Å². The number of hydrogen-bond donors (Lipinski definition) is 1. The quantitative estimate of drug-likeness (QED) is 0.420. The molecule has 3 aromatic carbocycles. The van der Waals surface area contributed by atoms with E-state index in [1.807, 2.05) is 19.1 Å². The lowest BCUT2D eigenvalue weighted by Gasteiger charge is -2.22. The second-order valence-corrected chi connectivity index (χ2v) is 8.37. The van der Waals surface area contributed by atoms with Crippen molar-refractivity contribution >= 4 is 5.69 Å². The number of anilines is 1. The van der Waals surface area contributed by atoms with E-state index in [2.05, 4.69) is 17.4 Å². The van der Waals surface area contributed by atoms with Gasteiger partial charge in [-0.05, 0) is 60.1 Å². The molecule has 0 bridgehead atoms. The highest BCUT2D eigenvalue weighted by molar-refractivity contribution is 5.72. The number of benzene rings is 3. The third-order valence-corrected chi connectivity index (χ3v) is 6.23. The molecule has 162 valence electrons. The van der Waals surface area contributed by atoms with Crippen LogP contribution in [0.25, 0.3) is 22.3 Å². The van der Waals surface area contributed by atoms with Crippen LogP contribution >= 0.6 is 0 Å². The Balaban J connectivity index is 1.58. The first-order valence-electron chi connectivity index (χ1n) is 11.2. The summed E-state index contributed by atoms with van der Waals surface area (Å²) in [6.45, 7) is 2.50. The van der Waals surface area contributed by atoms with Crippen molar-refractivity contribution in [1.82, 2.24) is 0 Å². The van der Waals surface area contributed by atoms with Gasteiger partial charge in [0.15, 0.2) is 11.6 Å². The van der Waals surface area contributed by atoms with E-state index in [0.29, 0.717) is 23.6 Å². The first kappa shape index (κ1) is 21.5. The fourth-order valence-corrected chi connectivity index (χ4v) is 4.46. The molecule has 0 spiro atoms. The summed E-state index contributed by atoms with van der Waals surface area (Å²) < 4.78 is 43.9. The van der Waals surface area contributed by atoms with Crippen molar-refractivity contribution in [2.45, 2.75) is 51.4 Å². The Morgan fingerprint density at radius 2 is 1.45 bits per heavy atom. The molecule has 1 fully saturated rings. The molecular weight excluding hydrogens is 395 g/mol. The molecule has 1 N–H and O–H groups in total. The lowest BCUT2D eigenvalue weighted by molar-refractivity contribution is 0.443. The Morgan fingerprint density at radius 3 is 2.13 bits per heavy atom. The normalized spacial score (nSPS) is 14.6. The van der Waals surface area contributed by atoms with Crippen molar-refractivity contribution in [3.8, 4) is 22.3 Å². The summed E-state index contributed by atoms with van der Waals surface area (Å²) in [4.78, 5) is 0. The molecule has 0 saturated heterocycles. The van der Waals surface area contributed by atoms with Crippen LogP contribution in [0.4, 0.5) is 18.9 Å². The molecule has 0 amide bonds. The highest BCUT2D eigenvalue weighted by Crippen LogP contribution is 2.35. The van der Waals surface area contributed by atoms with Gasteiger partial charge in [0, 0.05) is 17.7 Å². The number of hydrogen-bond acceptors (Lipinski definition) is 1. The van der Waals surface area contributed by atoms with Gasteiger partial charge in [-0.15, -0.1) is 0 Å². The Bertz CT molecular complexity index is 1040. The molecule has 1 aliphatic rings. The zero-order valence-electron chi connectivity index (χ0n) is 17.9. The van der Waals surface area contributed by atoms with E-state index in [1.54, 1.807) is 12.1 Å². The SMILES string of the molecule is CCCNc1ccc(-c2ccc(-c3ccc(C4CCCCC4)cc3)c(F)c2)c(F)c1F. The van der Waals surface area contributed by atoms with Gasteiger partial charge >= 0.3 is 0 Å². The number of rotatable bonds is 6. The van der Waals surface area contributed by atoms with Crippen molar-refractivity contribution in [2.24, 2.45) is 0 Å². The van der Waals surface area contributed by atoms with Gasteiger partial charge in [-0.1, -0.05) is 62.6 Å². The number of nitrogens with one attached hydrogen (secondary N) is 1. The molecule has 0 heterocycles. The largest absolute Gasteiger partial charge is 0.383 e. The average Bonchev–Trinajstić information content (AvgIpc) is 2.81. The molecule has 1 nitrogen and oxygen atoms in total. The van der Waals surface area contributed by atoms with E-state index >= 15 is 0 Å². The maximum absolute atomic E-state index is 14.9. The van der Waals surface area contributed by atoms with E-state index in [9.17, 15) is 13.2 Å². The first-order valence-corrected chi connectivity index (χ1v) is 11.2. The average molecular weight is 424 g/mol. The van der Waals surface area contributed by atoms with Crippen molar-refractivity contribution in [3.63, 3.8) is 0 Å². The van der Waals surface area contributed by atoms with Gasteiger partial charge in [-0.2, -0.15) is 0 Å². The molecule has 0 aromatic heterocycles. The lowest BCUT2D eigenvalue weighted by Crippen LogP contribution is -2.04. The van der Waals surface area contributed by atoms with Crippen LogP contribution in [0.2, 0.25) is 0 Å². The van der Waals surface area contributed by atoms with E-state index in [-0.39, 0.29) is 11.3 Å². The summed E-state index contributed by atoms with van der Waals surface area (Å²) in [6.07, 6.45) is 7.10. The molecule has 1 aliphatic carbocycles. The maximum atomic E-state index is 14.9. The zero-order chi connectivity index (χ0) is 21.8. The van der Waals surface area contributed by atoms with Gasteiger partial charge in [0.25, 0.3) is 0 Å². The van der Waals surface area contributed by atoms with Crippen molar-refractivity contribution < 1.29 is 13.2 Å². The summed E-state index contributed by atoms with van der Waals surface area (Å²) in [6, 6.07) is 15.6. The van der Waals surface area contributed by atoms with Crippen LogP contribution in [0.1, 0.15) is 56.9 Å². The predicted octanol–water partition coefficient (Wildman–Crippen LogP) is 8.31. The molecule has 0 unspecified atom stereocenters. The summed E-state index contributed by atoms with van der Waals surface area (Å²) >= 11 is 0. The third kappa shape index (κ3) is 4.63. The fourth-order valence-electron chi connectivity index (χ4n) is 4.46. The van der Waals surface area contributed by atoms with Gasteiger partial charge in [0.2, 0.25) is 0 Å². The van der Waals surface area contributed by atoms with E-state index in [0.717, 1.165) is 12.0 Å². The highest BCUT2D eigenvalue weighted by Gasteiger charge is 2.18. The Labute approximate surface area is 182 Å². The molecule has 3 aromatic rings. The minimum atomic E-state index is -0.968. The lowest BCUT2D eigenvalue weighted by atomic mass is 9.83. The van der Waals surface area contributed by atoms with Gasteiger partial charge in [0.05, 0.1) is 5.69 Å². The molecule has 4 rings (SSSR count). The standard InChI is InChI=1S/C27H28F3N/c1-2-16-31-25-15-14-23(26(29)27(25)30)21-12-13-22(24(28)17-21)20-10-8-19(9-11-20)18-6-4-3-5-7-18/h8-15,17-18,31H,2-7,16H2,1H3. The molecular formula is C27H28F3N. The van der Waals surface area contributed by atoms with Crippen LogP contribution in [0.15, 0.2) is 54.6 Å². The van der Waals surface area contributed by atoms with Crippen molar-refractivity contribution in [2.75, 3.05) is 11.9 Å². The fraction of sp³-hybridized carbons (Fsp3) is 0.333. The highest BCUT2D eigenvalue weighted by atomic mass is 19.2. The second-order valence-electron chi connectivity index (χ2n) is 8.37. The second kappa shape index (κ2) is 9.59. The van der Waals surface area contributed by atoms with Crippen LogP contribution in [0.5, 0.6) is 0 Å². The topological polar surface area (TPSA) is 12.0 Å². The Morgan fingerprint density at radius 1 is 0.774 bits per heavy atom. The van der Waals surface area contributed by atoms with Gasteiger partial charge in [0.1, 0.15) is 5.82 Å². The molecule has 4 heteroatoms. The Kier molecular flexibility index (Phi) is 6.64. The van der Waals surface area contributed by atoms with E-state index in [4.69, 9.17) is 0 Å². The van der Waals surface area contributed by atoms with E-state index in [1.165, 1.54) is 55.9 Å². The minimum Gasteiger partial charge on any atom is -0.383 e. The smallest absolute Gasteiger partial charge is 0.182 e. The zero-order valence-corrected chi connectivity index (χ0v) is 17.9. The predicted molar refractivity (Wildman–Crippen MR) is 122 cm³/mol. The molecule has 0 atom stereocenters. The third-order valence-electron chi connectivity index (χ3n) is 6.23. The minimum absolute atomic E-state index is 0.0534. The van der Waals surface area contributed by atoms with Crippen LogP contribution < -0.4 is 5.32 Å². The van der Waals surface area contributed by atoms with Crippen LogP contribution in [0, 0.1) is 17.5 Å². The monoisotopic (exact) mass is 423 g/mol. The van der Waals surface area contributed by atoms with Gasteiger partial charge in [-0.3, -0.25) is 0 Å². The van der Waals surface area contributed by atoms with Gasteiger partial charge < -0.3 is 5.32 Å². The summed E-state index contributed by atoms with van der Waals surface area (Å²) in [5.74, 6) is -1.75. The van der Waals surface area contributed by atoms with Crippen molar-refractivity contribution in [1.29, 1.82) is 0 Å². The van der Waals surface area contributed by atoms with Gasteiger partial charge in [-0.25, -0.2) is 13.2 Å². The molecule has 0 radical (unpaired) electrons. The first-order chi connectivity index (χ1) is 15.1. The summed E-state index contributed by atoms with van der Waals surface area (Å²) in [7, 11) is 0. The maximum Gasteiger partial charge on any atom is 0.182 e. The molecule has 31 heavy (non-hydrogen) atoms. The van der Waals surface area contributed by atoms with Crippen LogP contribution in [-0.2, 0) is 0 Å². The van der Waals surface area contributed by atoms with Crippen molar-refractivity contribution in [3.05, 3.63) is 77.6 Å². The molecule has 0 aliphatic heterocycles. The number of halogens is 3. The molecule has 1 saturated carbocycles. The summed E-state index contributed by atoms with van der Waals surface area (Å²) in [5, 5.41) is 2.86.